The highest BCUT2D eigenvalue weighted by molar-refractivity contribution is 7.99. The highest BCUT2D eigenvalue weighted by Crippen LogP contribution is 2.39. The summed E-state index contributed by atoms with van der Waals surface area (Å²) in [7, 11) is 0. The third kappa shape index (κ3) is 3.89. The highest BCUT2D eigenvalue weighted by atomic mass is 35.5. The van der Waals surface area contributed by atoms with Crippen molar-refractivity contribution in [3.05, 3.63) is 29.3 Å². The topological polar surface area (TPSA) is 91.8 Å². The second kappa shape index (κ2) is 6.83. The molecule has 1 atom stereocenters. The lowest BCUT2D eigenvalue weighted by atomic mass is 9.98. The molecule has 1 aliphatic carbocycles. The molecule has 8 heteroatoms. The van der Waals surface area contributed by atoms with E-state index in [0.29, 0.717) is 16.1 Å². The molecule has 24 heavy (non-hydrogen) atoms. The molecule has 1 aromatic heterocycles. The molecular weight excluding hydrogens is 348 g/mol. The number of thioether (sulfide) groups is 1. The van der Waals surface area contributed by atoms with Gasteiger partial charge in [-0.25, -0.2) is 0 Å². The molecule has 1 amide bonds. The van der Waals surface area contributed by atoms with Crippen LogP contribution in [0.5, 0.6) is 0 Å². The molecule has 1 N–H and O–H groups in total. The van der Waals surface area contributed by atoms with Crippen LogP contribution < -0.4 is 5.32 Å². The number of nitrogens with zero attached hydrogens (tertiary/aromatic N) is 3. The van der Waals surface area contributed by atoms with Crippen LogP contribution in [-0.2, 0) is 4.79 Å². The van der Waals surface area contributed by atoms with E-state index in [9.17, 15) is 10.1 Å². The van der Waals surface area contributed by atoms with E-state index >= 15 is 0 Å². The molecular formula is C16H15ClN4O2S. The first kappa shape index (κ1) is 16.8. The molecule has 1 aromatic carbocycles. The maximum absolute atomic E-state index is 12.0. The molecule has 1 unspecified atom stereocenters. The average Bonchev–Trinajstić information content (AvgIpc) is 3.33. The molecule has 124 valence electrons. The number of aromatic nitrogens is 2. The van der Waals surface area contributed by atoms with Crippen LogP contribution in [0.1, 0.15) is 19.8 Å². The Balaban J connectivity index is 1.56. The van der Waals surface area contributed by atoms with Gasteiger partial charge in [-0.05, 0) is 49.9 Å². The Morgan fingerprint density at radius 1 is 1.46 bits per heavy atom. The van der Waals surface area contributed by atoms with E-state index in [4.69, 9.17) is 16.0 Å². The minimum atomic E-state index is -0.791. The van der Waals surface area contributed by atoms with Crippen molar-refractivity contribution in [1.29, 1.82) is 5.26 Å². The smallest absolute Gasteiger partial charge is 0.277 e. The number of amides is 1. The maximum atomic E-state index is 12.0. The molecule has 0 radical (unpaired) electrons. The number of hydrogen-bond acceptors (Lipinski definition) is 6. The van der Waals surface area contributed by atoms with Gasteiger partial charge in [0.15, 0.2) is 0 Å². The van der Waals surface area contributed by atoms with E-state index in [1.54, 1.807) is 31.2 Å². The first-order valence-electron chi connectivity index (χ1n) is 7.45. The number of nitrogens with one attached hydrogen (secondary N) is 1. The first-order chi connectivity index (χ1) is 11.5. The monoisotopic (exact) mass is 362 g/mol. The van der Waals surface area contributed by atoms with E-state index in [2.05, 4.69) is 21.6 Å². The lowest BCUT2D eigenvalue weighted by molar-refractivity contribution is -0.119. The summed E-state index contributed by atoms with van der Waals surface area (Å²) in [6, 6.07) is 9.24. The second-order valence-electron chi connectivity index (χ2n) is 5.81. The van der Waals surface area contributed by atoms with Crippen LogP contribution in [0.3, 0.4) is 0 Å². The summed E-state index contributed by atoms with van der Waals surface area (Å²) in [5.41, 5.74) is -0.0324. The number of benzene rings is 1. The van der Waals surface area contributed by atoms with Crippen molar-refractivity contribution < 1.29 is 9.21 Å². The van der Waals surface area contributed by atoms with Gasteiger partial charge in [-0.2, -0.15) is 5.26 Å². The molecule has 1 saturated carbocycles. The van der Waals surface area contributed by atoms with Gasteiger partial charge in [0.25, 0.3) is 5.22 Å². The van der Waals surface area contributed by atoms with Gasteiger partial charge in [0.2, 0.25) is 11.8 Å². The summed E-state index contributed by atoms with van der Waals surface area (Å²) in [5, 5.41) is 20.9. The Morgan fingerprint density at radius 2 is 2.17 bits per heavy atom. The van der Waals surface area contributed by atoms with Gasteiger partial charge in [0.1, 0.15) is 5.54 Å². The van der Waals surface area contributed by atoms with Gasteiger partial charge in [-0.15, -0.1) is 10.2 Å². The summed E-state index contributed by atoms with van der Waals surface area (Å²) in [6.07, 6.45) is 1.96. The maximum Gasteiger partial charge on any atom is 0.277 e. The number of halogens is 1. The Kier molecular flexibility index (Phi) is 4.78. The summed E-state index contributed by atoms with van der Waals surface area (Å²) in [6.45, 7) is 1.76. The molecule has 1 aliphatic rings. The van der Waals surface area contributed by atoms with Crippen LogP contribution in [0, 0.1) is 17.2 Å². The van der Waals surface area contributed by atoms with Gasteiger partial charge in [-0.3, -0.25) is 4.79 Å². The molecule has 1 heterocycles. The van der Waals surface area contributed by atoms with E-state index < -0.39 is 5.54 Å². The molecule has 0 spiro atoms. The highest BCUT2D eigenvalue weighted by Gasteiger charge is 2.42. The first-order valence-corrected chi connectivity index (χ1v) is 8.81. The zero-order valence-corrected chi connectivity index (χ0v) is 14.5. The van der Waals surface area contributed by atoms with E-state index in [0.717, 1.165) is 30.2 Å². The van der Waals surface area contributed by atoms with Gasteiger partial charge in [-0.1, -0.05) is 23.4 Å². The second-order valence-corrected chi connectivity index (χ2v) is 7.17. The fraction of sp³-hybridized carbons (Fsp3) is 0.375. The molecule has 0 saturated heterocycles. The van der Waals surface area contributed by atoms with Crippen LogP contribution in [0.15, 0.2) is 33.9 Å². The fourth-order valence-electron chi connectivity index (χ4n) is 2.31. The zero-order chi connectivity index (χ0) is 17.2. The number of hydrogen-bond donors (Lipinski definition) is 1. The third-order valence-electron chi connectivity index (χ3n) is 3.85. The predicted molar refractivity (Wildman–Crippen MR) is 90.4 cm³/mol. The normalized spacial score (nSPS) is 16.2. The summed E-state index contributed by atoms with van der Waals surface area (Å²) >= 11 is 6.98. The van der Waals surface area contributed by atoms with Gasteiger partial charge in [0.05, 0.1) is 11.8 Å². The molecule has 2 aromatic rings. The Bertz CT molecular complexity index is 782. The van der Waals surface area contributed by atoms with Crippen molar-refractivity contribution in [1.82, 2.24) is 15.5 Å². The van der Waals surface area contributed by atoms with Crippen molar-refractivity contribution in [3.8, 4) is 17.5 Å². The number of carbonyl (C=O) groups excluding carboxylic acids is 1. The quantitative estimate of drug-likeness (QED) is 0.793. The van der Waals surface area contributed by atoms with E-state index in [-0.39, 0.29) is 17.6 Å². The number of carbonyl (C=O) groups is 1. The number of rotatable bonds is 6. The predicted octanol–water partition coefficient (Wildman–Crippen LogP) is 3.29. The SMILES string of the molecule is CC(C#N)(NC(=O)CSc1nnc(-c2ccc(Cl)cc2)o1)C1CC1. The standard InChI is InChI=1S/C16H15ClN4O2S/c1-16(9-18,11-4-5-11)19-13(22)8-24-15-21-20-14(23-15)10-2-6-12(17)7-3-10/h2-3,6-7,11H,4-5,8H2,1H3,(H,19,22). The van der Waals surface area contributed by atoms with Gasteiger partial charge >= 0.3 is 0 Å². The third-order valence-corrected chi connectivity index (χ3v) is 4.92. The summed E-state index contributed by atoms with van der Waals surface area (Å²) in [5.74, 6) is 0.514. The minimum Gasteiger partial charge on any atom is -0.411 e. The van der Waals surface area contributed by atoms with E-state index in [1.165, 1.54) is 0 Å². The van der Waals surface area contributed by atoms with Gasteiger partial charge < -0.3 is 9.73 Å². The largest absolute Gasteiger partial charge is 0.411 e. The van der Waals surface area contributed by atoms with Crippen LogP contribution in [0.25, 0.3) is 11.5 Å². The van der Waals surface area contributed by atoms with Crippen LogP contribution in [0.2, 0.25) is 5.02 Å². The Morgan fingerprint density at radius 3 is 2.79 bits per heavy atom. The van der Waals surface area contributed by atoms with Crippen LogP contribution >= 0.6 is 23.4 Å². The molecule has 3 rings (SSSR count). The Hall–Kier alpha value is -2.04. The van der Waals surface area contributed by atoms with Crippen molar-refractivity contribution in [2.24, 2.45) is 5.92 Å². The summed E-state index contributed by atoms with van der Waals surface area (Å²) < 4.78 is 5.53. The lowest BCUT2D eigenvalue weighted by Crippen LogP contribution is -2.47. The Labute approximate surface area is 148 Å². The number of nitriles is 1. The lowest BCUT2D eigenvalue weighted by Gasteiger charge is -2.22. The minimum absolute atomic E-state index is 0.117. The van der Waals surface area contributed by atoms with Crippen molar-refractivity contribution >= 4 is 29.3 Å². The molecule has 0 aliphatic heterocycles. The van der Waals surface area contributed by atoms with Gasteiger partial charge in [0, 0.05) is 10.6 Å². The van der Waals surface area contributed by atoms with Crippen LogP contribution in [0.4, 0.5) is 0 Å². The molecule has 1 fully saturated rings. The van der Waals surface area contributed by atoms with E-state index in [1.807, 2.05) is 0 Å². The fourth-order valence-corrected chi connectivity index (χ4v) is 3.00. The summed E-state index contributed by atoms with van der Waals surface area (Å²) in [4.78, 5) is 12.0. The van der Waals surface area contributed by atoms with Crippen molar-refractivity contribution in [3.63, 3.8) is 0 Å². The molecule has 6 nitrogen and oxygen atoms in total. The molecule has 0 bridgehead atoms. The van der Waals surface area contributed by atoms with Crippen molar-refractivity contribution in [2.45, 2.75) is 30.5 Å². The van der Waals surface area contributed by atoms with Crippen molar-refractivity contribution in [2.75, 3.05) is 5.75 Å². The zero-order valence-electron chi connectivity index (χ0n) is 13.0. The average molecular weight is 363 g/mol. The van der Waals surface area contributed by atoms with Crippen LogP contribution in [-0.4, -0.2) is 27.4 Å².